The normalized spacial score (nSPS) is 19.7. The molecule has 1 unspecified atom stereocenters. The van der Waals surface area contributed by atoms with Crippen LogP contribution in [0.1, 0.15) is 19.8 Å². The van der Waals surface area contributed by atoms with Crippen LogP contribution in [0.5, 0.6) is 0 Å². The fourth-order valence-corrected chi connectivity index (χ4v) is 4.14. The van der Waals surface area contributed by atoms with Gasteiger partial charge in [0.2, 0.25) is 10.0 Å². The van der Waals surface area contributed by atoms with Gasteiger partial charge >= 0.3 is 5.97 Å². The smallest absolute Gasteiger partial charge is 0.324 e. The maximum atomic E-state index is 12.6. The van der Waals surface area contributed by atoms with Gasteiger partial charge < -0.3 is 4.74 Å². The SMILES string of the molecule is CCOC(=O)C1CCCN1S(=O)(=O)c1cnc(Cl)c(Cl)c1. The van der Waals surface area contributed by atoms with Crippen LogP contribution in [0.15, 0.2) is 17.2 Å². The molecule has 2 heterocycles. The second-order valence-corrected chi connectivity index (χ2v) is 7.13. The van der Waals surface area contributed by atoms with Crippen molar-refractivity contribution in [3.05, 3.63) is 22.4 Å². The van der Waals surface area contributed by atoms with E-state index < -0.39 is 22.0 Å². The molecule has 0 amide bonds. The third kappa shape index (κ3) is 3.31. The zero-order valence-electron chi connectivity index (χ0n) is 11.3. The third-order valence-corrected chi connectivity index (χ3v) is 5.70. The highest BCUT2D eigenvalue weighted by Gasteiger charge is 2.40. The number of sulfonamides is 1. The number of carbonyl (C=O) groups excluding carboxylic acids is 1. The van der Waals surface area contributed by atoms with E-state index >= 15 is 0 Å². The number of halogens is 2. The van der Waals surface area contributed by atoms with Crippen LogP contribution in [0.4, 0.5) is 0 Å². The van der Waals surface area contributed by atoms with E-state index in [2.05, 4.69) is 4.98 Å². The van der Waals surface area contributed by atoms with Crippen LogP contribution in [-0.4, -0.2) is 42.9 Å². The monoisotopic (exact) mass is 352 g/mol. The molecule has 1 aliphatic rings. The molecule has 1 aromatic rings. The Labute approximate surface area is 133 Å². The molecule has 0 saturated carbocycles. The summed E-state index contributed by atoms with van der Waals surface area (Å²) >= 11 is 11.5. The van der Waals surface area contributed by atoms with E-state index in [9.17, 15) is 13.2 Å². The van der Waals surface area contributed by atoms with Crippen molar-refractivity contribution in [3.8, 4) is 0 Å². The van der Waals surface area contributed by atoms with Crippen molar-refractivity contribution in [1.82, 2.24) is 9.29 Å². The first-order valence-corrected chi connectivity index (χ1v) is 8.57. The molecule has 1 saturated heterocycles. The van der Waals surface area contributed by atoms with Gasteiger partial charge in [0, 0.05) is 12.7 Å². The van der Waals surface area contributed by atoms with Gasteiger partial charge in [0.1, 0.15) is 16.1 Å². The summed E-state index contributed by atoms with van der Waals surface area (Å²) in [7, 11) is -3.86. The van der Waals surface area contributed by atoms with Crippen molar-refractivity contribution in [2.45, 2.75) is 30.7 Å². The van der Waals surface area contributed by atoms with Gasteiger partial charge in [-0.05, 0) is 25.8 Å². The van der Waals surface area contributed by atoms with Crippen molar-refractivity contribution in [1.29, 1.82) is 0 Å². The van der Waals surface area contributed by atoms with Crippen molar-refractivity contribution < 1.29 is 17.9 Å². The third-order valence-electron chi connectivity index (χ3n) is 3.14. The minimum Gasteiger partial charge on any atom is -0.465 e. The van der Waals surface area contributed by atoms with E-state index in [4.69, 9.17) is 27.9 Å². The van der Waals surface area contributed by atoms with Crippen LogP contribution in [0.2, 0.25) is 10.2 Å². The Morgan fingerprint density at radius 1 is 1.52 bits per heavy atom. The van der Waals surface area contributed by atoms with E-state index in [1.54, 1.807) is 6.92 Å². The molecule has 1 atom stereocenters. The summed E-state index contributed by atoms with van der Waals surface area (Å²) in [6.07, 6.45) is 2.16. The van der Waals surface area contributed by atoms with Gasteiger partial charge in [0.15, 0.2) is 0 Å². The summed E-state index contributed by atoms with van der Waals surface area (Å²) in [5, 5.41) is 0.0728. The number of hydrogen-bond donors (Lipinski definition) is 0. The molecule has 1 aromatic heterocycles. The van der Waals surface area contributed by atoms with Crippen LogP contribution >= 0.6 is 23.2 Å². The van der Waals surface area contributed by atoms with Crippen molar-refractivity contribution in [3.63, 3.8) is 0 Å². The quantitative estimate of drug-likeness (QED) is 0.612. The number of rotatable bonds is 4. The predicted molar refractivity (Wildman–Crippen MR) is 77.8 cm³/mol. The molecule has 0 spiro atoms. The number of carbonyl (C=O) groups is 1. The van der Waals surface area contributed by atoms with Crippen LogP contribution in [-0.2, 0) is 19.6 Å². The molecule has 2 rings (SSSR count). The molecule has 0 aliphatic carbocycles. The molecule has 6 nitrogen and oxygen atoms in total. The van der Waals surface area contributed by atoms with Gasteiger partial charge in [-0.3, -0.25) is 4.79 Å². The molecule has 0 bridgehead atoms. The van der Waals surface area contributed by atoms with Crippen LogP contribution in [0.25, 0.3) is 0 Å². The van der Waals surface area contributed by atoms with E-state index in [1.165, 1.54) is 6.07 Å². The van der Waals surface area contributed by atoms with Gasteiger partial charge in [0.25, 0.3) is 0 Å². The van der Waals surface area contributed by atoms with Crippen molar-refractivity contribution >= 4 is 39.2 Å². The first-order valence-electron chi connectivity index (χ1n) is 6.37. The molecule has 116 valence electrons. The Balaban J connectivity index is 2.33. The number of hydrogen-bond acceptors (Lipinski definition) is 5. The average molecular weight is 353 g/mol. The predicted octanol–water partition coefficient (Wildman–Crippen LogP) is 2.10. The Morgan fingerprint density at radius 2 is 2.24 bits per heavy atom. The molecule has 1 aliphatic heterocycles. The van der Waals surface area contributed by atoms with Gasteiger partial charge in [0.05, 0.1) is 11.6 Å². The first kappa shape index (κ1) is 16.5. The van der Waals surface area contributed by atoms with Crippen LogP contribution in [0.3, 0.4) is 0 Å². The highest BCUT2D eigenvalue weighted by atomic mass is 35.5. The number of esters is 1. The molecule has 9 heteroatoms. The minimum atomic E-state index is -3.86. The fraction of sp³-hybridized carbons (Fsp3) is 0.500. The fourth-order valence-electron chi connectivity index (χ4n) is 2.18. The summed E-state index contributed by atoms with van der Waals surface area (Å²) in [5.41, 5.74) is 0. The zero-order valence-corrected chi connectivity index (χ0v) is 13.6. The van der Waals surface area contributed by atoms with E-state index in [-0.39, 0.29) is 28.2 Å². The van der Waals surface area contributed by atoms with E-state index in [0.29, 0.717) is 12.8 Å². The standard InChI is InChI=1S/C12H14Cl2N2O4S/c1-2-20-12(17)10-4-3-5-16(10)21(18,19)8-6-9(13)11(14)15-7-8/h6-7,10H,2-5H2,1H3. The van der Waals surface area contributed by atoms with Crippen molar-refractivity contribution in [2.75, 3.05) is 13.2 Å². The van der Waals surface area contributed by atoms with E-state index in [0.717, 1.165) is 10.5 Å². The van der Waals surface area contributed by atoms with E-state index in [1.807, 2.05) is 0 Å². The lowest BCUT2D eigenvalue weighted by Crippen LogP contribution is -2.41. The number of aromatic nitrogens is 1. The molecular weight excluding hydrogens is 339 g/mol. The molecule has 0 aromatic carbocycles. The largest absolute Gasteiger partial charge is 0.465 e. The lowest BCUT2D eigenvalue weighted by Gasteiger charge is -2.22. The maximum absolute atomic E-state index is 12.6. The van der Waals surface area contributed by atoms with Crippen LogP contribution in [0, 0.1) is 0 Å². The zero-order chi connectivity index (χ0) is 15.6. The first-order chi connectivity index (χ1) is 9.87. The number of nitrogens with zero attached hydrogens (tertiary/aromatic N) is 2. The minimum absolute atomic E-state index is 0.0268. The van der Waals surface area contributed by atoms with Gasteiger partial charge in [-0.15, -0.1) is 0 Å². The summed E-state index contributed by atoms with van der Waals surface area (Å²) in [6, 6.07) is 0.427. The molecular formula is C12H14Cl2N2O4S. The summed E-state index contributed by atoms with van der Waals surface area (Å²) in [4.78, 5) is 15.5. The molecule has 1 fully saturated rings. The van der Waals surface area contributed by atoms with Gasteiger partial charge in [-0.1, -0.05) is 23.2 Å². The molecule has 0 radical (unpaired) electrons. The summed E-state index contributed by atoms with van der Waals surface area (Å²) in [6.45, 7) is 2.14. The number of ether oxygens (including phenoxy) is 1. The second-order valence-electron chi connectivity index (χ2n) is 4.47. The maximum Gasteiger partial charge on any atom is 0.324 e. The Hall–Kier alpha value is -0.890. The summed E-state index contributed by atoms with van der Waals surface area (Å²) < 4.78 is 31.2. The molecule has 21 heavy (non-hydrogen) atoms. The summed E-state index contributed by atoms with van der Waals surface area (Å²) in [5.74, 6) is -0.536. The van der Waals surface area contributed by atoms with Crippen LogP contribution < -0.4 is 0 Å². The highest BCUT2D eigenvalue weighted by molar-refractivity contribution is 7.89. The Kier molecular flexibility index (Phi) is 5.08. The Bertz CT molecular complexity index is 651. The second kappa shape index (κ2) is 6.48. The van der Waals surface area contributed by atoms with Gasteiger partial charge in [-0.2, -0.15) is 4.31 Å². The highest BCUT2D eigenvalue weighted by Crippen LogP contribution is 2.29. The Morgan fingerprint density at radius 3 is 2.86 bits per heavy atom. The lowest BCUT2D eigenvalue weighted by molar-refractivity contribution is -0.146. The lowest BCUT2D eigenvalue weighted by atomic mass is 10.2. The topological polar surface area (TPSA) is 76.6 Å². The van der Waals surface area contributed by atoms with Crippen molar-refractivity contribution in [2.24, 2.45) is 0 Å². The average Bonchev–Trinajstić information content (AvgIpc) is 2.92. The molecule has 0 N–H and O–H groups in total. The van der Waals surface area contributed by atoms with Gasteiger partial charge in [-0.25, -0.2) is 13.4 Å². The number of pyridine rings is 1.